The minimum absolute atomic E-state index is 0.0370. The molecule has 23 heavy (non-hydrogen) atoms. The van der Waals surface area contributed by atoms with Gasteiger partial charge in [0.1, 0.15) is 10.3 Å². The molecule has 1 aliphatic carbocycles. The Morgan fingerprint density at radius 3 is 2.87 bits per heavy atom. The average Bonchev–Trinajstić information content (AvgIpc) is 2.72. The van der Waals surface area contributed by atoms with E-state index >= 15 is 0 Å². The highest BCUT2D eigenvalue weighted by Crippen LogP contribution is 2.38. The molecule has 2 N–H and O–H groups in total. The highest BCUT2D eigenvalue weighted by Gasteiger charge is 2.45. The van der Waals surface area contributed by atoms with Gasteiger partial charge in [0.2, 0.25) is 5.54 Å². The van der Waals surface area contributed by atoms with Crippen LogP contribution in [-0.4, -0.2) is 25.7 Å². The second kappa shape index (κ2) is 6.80. The van der Waals surface area contributed by atoms with Gasteiger partial charge in [0, 0.05) is 23.3 Å². The number of carbonyl (C=O) groups excluding carboxylic acids is 1. The SMILES string of the molecule is CCCC1([N+](=O)[O-])C=CC=C(C2=C(N)S(=O)C(C=CCl)C2=O)C1. The lowest BCUT2D eigenvalue weighted by Crippen LogP contribution is -2.38. The zero-order valence-corrected chi connectivity index (χ0v) is 14.1. The van der Waals surface area contributed by atoms with Crippen molar-refractivity contribution in [2.45, 2.75) is 37.0 Å². The third-order valence-corrected chi connectivity index (χ3v) is 5.63. The second-order valence-corrected chi connectivity index (χ2v) is 7.27. The van der Waals surface area contributed by atoms with Crippen LogP contribution in [0, 0.1) is 10.1 Å². The molecule has 0 fully saturated rings. The summed E-state index contributed by atoms with van der Waals surface area (Å²) in [5.74, 6) is -0.409. The first kappa shape index (κ1) is 17.6. The van der Waals surface area contributed by atoms with Crippen molar-refractivity contribution in [3.05, 3.63) is 56.1 Å². The van der Waals surface area contributed by atoms with Crippen molar-refractivity contribution in [1.29, 1.82) is 0 Å². The van der Waals surface area contributed by atoms with E-state index in [0.29, 0.717) is 18.4 Å². The standard InChI is InChI=1S/C15H17ClN2O4S/c1-2-6-15(18(20)21)7-3-4-10(9-15)12-13(19)11(5-8-16)23(22)14(12)17/h3-5,7-8,11H,2,6,9,17H2,1H3. The summed E-state index contributed by atoms with van der Waals surface area (Å²) < 4.78 is 12.2. The predicted octanol–water partition coefficient (Wildman–Crippen LogP) is 2.31. The van der Waals surface area contributed by atoms with E-state index in [1.54, 1.807) is 18.2 Å². The Bertz CT molecular complexity index is 696. The molecule has 1 heterocycles. The maximum absolute atomic E-state index is 12.5. The van der Waals surface area contributed by atoms with Crippen LogP contribution < -0.4 is 5.73 Å². The molecule has 6 nitrogen and oxygen atoms in total. The van der Waals surface area contributed by atoms with Gasteiger partial charge < -0.3 is 5.73 Å². The normalized spacial score (nSPS) is 31.0. The van der Waals surface area contributed by atoms with Crippen molar-refractivity contribution < 1.29 is 13.9 Å². The summed E-state index contributed by atoms with van der Waals surface area (Å²) in [5.41, 5.74) is 6.31. The summed E-state index contributed by atoms with van der Waals surface area (Å²) in [6.07, 6.45) is 7.10. The number of allylic oxidation sites excluding steroid dienone is 3. The number of halogens is 1. The molecule has 0 aromatic carbocycles. The van der Waals surface area contributed by atoms with E-state index < -0.39 is 27.4 Å². The third-order valence-electron chi connectivity index (χ3n) is 4.01. The molecule has 0 radical (unpaired) electrons. The fraction of sp³-hybridized carbons (Fsp3) is 0.400. The molecule has 2 aliphatic rings. The van der Waals surface area contributed by atoms with Gasteiger partial charge in [-0.15, -0.1) is 0 Å². The number of nitrogens with zero attached hydrogens (tertiary/aromatic N) is 1. The first-order valence-corrected chi connectivity index (χ1v) is 8.77. The lowest BCUT2D eigenvalue weighted by atomic mass is 9.80. The summed E-state index contributed by atoms with van der Waals surface area (Å²) in [6.45, 7) is 1.86. The number of rotatable bonds is 5. The fourth-order valence-electron chi connectivity index (χ4n) is 2.92. The van der Waals surface area contributed by atoms with Gasteiger partial charge in [-0.2, -0.15) is 0 Å². The van der Waals surface area contributed by atoms with Crippen LogP contribution in [0.25, 0.3) is 0 Å². The maximum atomic E-state index is 12.5. The van der Waals surface area contributed by atoms with E-state index in [2.05, 4.69) is 0 Å². The minimum atomic E-state index is -1.70. The van der Waals surface area contributed by atoms with E-state index in [1.807, 2.05) is 6.92 Å². The monoisotopic (exact) mass is 356 g/mol. The molecule has 8 heteroatoms. The fourth-order valence-corrected chi connectivity index (χ4v) is 4.40. The zero-order chi connectivity index (χ0) is 17.2. The molecule has 3 atom stereocenters. The first-order valence-electron chi connectivity index (χ1n) is 7.12. The Kier molecular flexibility index (Phi) is 5.21. The number of carbonyl (C=O) groups is 1. The number of nitrogens with two attached hydrogens (primary N) is 1. The number of ketones is 1. The van der Waals surface area contributed by atoms with E-state index in [0.717, 1.165) is 5.54 Å². The Morgan fingerprint density at radius 2 is 2.30 bits per heavy atom. The smallest absolute Gasteiger partial charge is 0.244 e. The van der Waals surface area contributed by atoms with Crippen molar-refractivity contribution in [3.8, 4) is 0 Å². The van der Waals surface area contributed by atoms with E-state index in [9.17, 15) is 19.1 Å². The number of hydrogen-bond donors (Lipinski definition) is 1. The van der Waals surface area contributed by atoms with Crippen LogP contribution in [0.15, 0.2) is 46.0 Å². The molecule has 0 saturated heterocycles. The Morgan fingerprint density at radius 1 is 1.61 bits per heavy atom. The Balaban J connectivity index is 2.41. The van der Waals surface area contributed by atoms with Gasteiger partial charge in [-0.25, -0.2) is 0 Å². The summed E-state index contributed by atoms with van der Waals surface area (Å²) in [6, 6.07) is 0. The summed E-state index contributed by atoms with van der Waals surface area (Å²) in [7, 11) is -1.70. The second-order valence-electron chi connectivity index (χ2n) is 5.48. The molecule has 0 bridgehead atoms. The topological polar surface area (TPSA) is 103 Å². The first-order chi connectivity index (χ1) is 10.9. The average molecular weight is 357 g/mol. The minimum Gasteiger partial charge on any atom is -0.391 e. The largest absolute Gasteiger partial charge is 0.391 e. The van der Waals surface area contributed by atoms with Crippen LogP contribution >= 0.6 is 11.6 Å². The number of nitro groups is 1. The number of Topliss-reactive ketones (excluding diaryl/α,β-unsaturated/α-hetero) is 1. The molecule has 0 spiro atoms. The molecule has 2 rings (SSSR count). The molecular formula is C15H17ClN2O4S. The van der Waals surface area contributed by atoms with Crippen molar-refractivity contribution >= 4 is 28.2 Å². The van der Waals surface area contributed by atoms with Crippen LogP contribution in [0.1, 0.15) is 26.2 Å². The van der Waals surface area contributed by atoms with Crippen molar-refractivity contribution in [2.75, 3.05) is 0 Å². The third kappa shape index (κ3) is 3.03. The van der Waals surface area contributed by atoms with Gasteiger partial charge in [-0.1, -0.05) is 30.7 Å². The van der Waals surface area contributed by atoms with Crippen molar-refractivity contribution in [1.82, 2.24) is 0 Å². The van der Waals surface area contributed by atoms with Gasteiger partial charge in [-0.3, -0.25) is 19.1 Å². The Hall–Kier alpha value is -1.73. The van der Waals surface area contributed by atoms with E-state index in [-0.39, 0.29) is 21.9 Å². The molecular weight excluding hydrogens is 340 g/mol. The molecule has 124 valence electrons. The van der Waals surface area contributed by atoms with Gasteiger partial charge in [0.15, 0.2) is 5.78 Å². The van der Waals surface area contributed by atoms with E-state index in [4.69, 9.17) is 17.3 Å². The van der Waals surface area contributed by atoms with Crippen LogP contribution in [0.4, 0.5) is 0 Å². The summed E-state index contributed by atoms with van der Waals surface area (Å²) in [4.78, 5) is 23.7. The van der Waals surface area contributed by atoms with Gasteiger partial charge in [-0.05, 0) is 24.1 Å². The van der Waals surface area contributed by atoms with Crippen molar-refractivity contribution in [2.24, 2.45) is 5.73 Å². The lowest BCUT2D eigenvalue weighted by Gasteiger charge is -2.25. The van der Waals surface area contributed by atoms with Crippen LogP contribution in [0.5, 0.6) is 0 Å². The molecule has 1 aliphatic heterocycles. The Labute approximate surface area is 141 Å². The molecule has 0 saturated carbocycles. The maximum Gasteiger partial charge on any atom is 0.244 e. The number of hydrogen-bond acceptors (Lipinski definition) is 5. The highest BCUT2D eigenvalue weighted by atomic mass is 35.5. The van der Waals surface area contributed by atoms with Crippen molar-refractivity contribution in [3.63, 3.8) is 0 Å². The molecule has 0 aromatic heterocycles. The molecule has 0 aromatic rings. The summed E-state index contributed by atoms with van der Waals surface area (Å²) in [5, 5.41) is 10.6. The van der Waals surface area contributed by atoms with Gasteiger partial charge >= 0.3 is 0 Å². The summed E-state index contributed by atoms with van der Waals surface area (Å²) >= 11 is 5.48. The van der Waals surface area contributed by atoms with Gasteiger partial charge in [0.05, 0.1) is 16.4 Å². The van der Waals surface area contributed by atoms with E-state index in [1.165, 1.54) is 6.08 Å². The highest BCUT2D eigenvalue weighted by molar-refractivity contribution is 7.91. The van der Waals surface area contributed by atoms with Crippen LogP contribution in [-0.2, 0) is 15.6 Å². The molecule has 3 unspecified atom stereocenters. The van der Waals surface area contributed by atoms with Gasteiger partial charge in [0.25, 0.3) is 0 Å². The molecule has 0 amide bonds. The predicted molar refractivity (Wildman–Crippen MR) is 89.6 cm³/mol. The quantitative estimate of drug-likeness (QED) is 0.601. The lowest BCUT2D eigenvalue weighted by molar-refractivity contribution is -0.556. The zero-order valence-electron chi connectivity index (χ0n) is 12.5. The van der Waals surface area contributed by atoms with Crippen LogP contribution in [0.3, 0.4) is 0 Å². The van der Waals surface area contributed by atoms with Crippen LogP contribution in [0.2, 0.25) is 0 Å².